The Hall–Kier alpha value is -2.61. The molecule has 146 valence electrons. The van der Waals surface area contributed by atoms with E-state index in [0.29, 0.717) is 28.7 Å². The lowest BCUT2D eigenvalue weighted by atomic mass is 9.90. The van der Waals surface area contributed by atoms with E-state index in [1.165, 1.54) is 35.5 Å². The topological polar surface area (TPSA) is 92.3 Å². The normalized spacial score (nSPS) is 18.2. The highest BCUT2D eigenvalue weighted by Gasteiger charge is 2.41. The lowest BCUT2D eigenvalue weighted by Crippen LogP contribution is -2.46. The fraction of sp³-hybridized carbons (Fsp3) is 0.450. The Morgan fingerprint density at radius 1 is 1.21 bits per heavy atom. The molecule has 1 aliphatic heterocycles. The highest BCUT2D eigenvalue weighted by Crippen LogP contribution is 2.35. The van der Waals surface area contributed by atoms with Crippen LogP contribution in [0.4, 0.5) is 10.8 Å². The van der Waals surface area contributed by atoms with Crippen LogP contribution in [0.3, 0.4) is 0 Å². The second kappa shape index (κ2) is 7.79. The first-order valence-electron chi connectivity index (χ1n) is 9.71. The van der Waals surface area contributed by atoms with E-state index in [4.69, 9.17) is 0 Å². The number of anilines is 2. The van der Waals surface area contributed by atoms with E-state index in [0.717, 1.165) is 17.8 Å². The number of aromatic nitrogens is 2. The van der Waals surface area contributed by atoms with Crippen LogP contribution in [0.15, 0.2) is 24.3 Å². The van der Waals surface area contributed by atoms with Gasteiger partial charge in [-0.15, -0.1) is 10.2 Å². The van der Waals surface area contributed by atoms with Crippen LogP contribution in [0.2, 0.25) is 0 Å². The van der Waals surface area contributed by atoms with Crippen molar-refractivity contribution >= 4 is 39.8 Å². The summed E-state index contributed by atoms with van der Waals surface area (Å²) in [6, 6.07) is 6.00. The van der Waals surface area contributed by atoms with Gasteiger partial charge in [-0.2, -0.15) is 0 Å². The number of Topliss-reactive ketones (excluding diaryl/α,β-unsaturated/α-hetero) is 1. The van der Waals surface area contributed by atoms with Gasteiger partial charge in [-0.1, -0.05) is 49.7 Å². The van der Waals surface area contributed by atoms with Crippen LogP contribution in [0.25, 0.3) is 0 Å². The van der Waals surface area contributed by atoms with Crippen molar-refractivity contribution in [3.8, 4) is 0 Å². The zero-order valence-corrected chi connectivity index (χ0v) is 16.5. The van der Waals surface area contributed by atoms with Gasteiger partial charge in [0.2, 0.25) is 11.0 Å². The molecule has 1 aromatic heterocycles. The molecule has 4 rings (SSSR count). The van der Waals surface area contributed by atoms with Crippen molar-refractivity contribution in [3.63, 3.8) is 0 Å². The number of para-hydroxylation sites is 1. The van der Waals surface area contributed by atoms with Crippen LogP contribution in [0, 0.1) is 0 Å². The van der Waals surface area contributed by atoms with Crippen molar-refractivity contribution in [3.05, 3.63) is 34.8 Å². The minimum absolute atomic E-state index is 0.342. The maximum Gasteiger partial charge on any atom is 0.300 e. The van der Waals surface area contributed by atoms with E-state index in [2.05, 4.69) is 15.5 Å². The SMILES string of the molecule is CCC(C(=O)Nc1nnc(C2CCCCC2)s1)N1C(=O)C(=O)c2ccccc21. The van der Waals surface area contributed by atoms with Crippen LogP contribution in [0.1, 0.15) is 66.7 Å². The molecule has 0 bridgehead atoms. The van der Waals surface area contributed by atoms with Crippen LogP contribution in [0.5, 0.6) is 0 Å². The fourth-order valence-corrected chi connectivity index (χ4v) is 4.91. The summed E-state index contributed by atoms with van der Waals surface area (Å²) in [7, 11) is 0. The summed E-state index contributed by atoms with van der Waals surface area (Å²) in [6.07, 6.45) is 6.28. The first kappa shape index (κ1) is 18.7. The molecule has 1 aromatic carbocycles. The maximum absolute atomic E-state index is 12.9. The van der Waals surface area contributed by atoms with E-state index >= 15 is 0 Å². The first-order chi connectivity index (χ1) is 13.6. The Balaban J connectivity index is 1.51. The van der Waals surface area contributed by atoms with Crippen molar-refractivity contribution in [2.45, 2.75) is 57.4 Å². The van der Waals surface area contributed by atoms with Gasteiger partial charge in [0.05, 0.1) is 11.3 Å². The lowest BCUT2D eigenvalue weighted by molar-refractivity contribution is -0.121. The zero-order valence-electron chi connectivity index (χ0n) is 15.7. The molecule has 2 amide bonds. The predicted octanol–water partition coefficient (Wildman–Crippen LogP) is 3.53. The number of hydrogen-bond acceptors (Lipinski definition) is 6. The summed E-state index contributed by atoms with van der Waals surface area (Å²) >= 11 is 1.40. The molecule has 2 aromatic rings. The lowest BCUT2D eigenvalue weighted by Gasteiger charge is -2.25. The number of carbonyl (C=O) groups excluding carboxylic acids is 3. The summed E-state index contributed by atoms with van der Waals surface area (Å²) in [5.74, 6) is -1.17. The number of ketones is 1. The number of carbonyl (C=O) groups is 3. The summed E-state index contributed by atoms with van der Waals surface area (Å²) in [5, 5.41) is 12.6. The monoisotopic (exact) mass is 398 g/mol. The van der Waals surface area contributed by atoms with Gasteiger partial charge in [0.15, 0.2) is 0 Å². The second-order valence-corrected chi connectivity index (χ2v) is 8.22. The smallest absolute Gasteiger partial charge is 0.299 e. The molecule has 2 aliphatic rings. The van der Waals surface area contributed by atoms with Gasteiger partial charge < -0.3 is 0 Å². The molecule has 0 spiro atoms. The van der Waals surface area contributed by atoms with Gasteiger partial charge in [0, 0.05) is 5.92 Å². The van der Waals surface area contributed by atoms with Gasteiger partial charge >= 0.3 is 0 Å². The van der Waals surface area contributed by atoms with E-state index < -0.39 is 17.7 Å². The Morgan fingerprint density at radius 2 is 1.96 bits per heavy atom. The van der Waals surface area contributed by atoms with Crippen LogP contribution in [-0.2, 0) is 9.59 Å². The van der Waals surface area contributed by atoms with Gasteiger partial charge in [0.25, 0.3) is 11.7 Å². The molecule has 1 saturated carbocycles. The van der Waals surface area contributed by atoms with Gasteiger partial charge in [-0.3, -0.25) is 24.6 Å². The third-order valence-corrected chi connectivity index (χ3v) is 6.45. The van der Waals surface area contributed by atoms with E-state index in [1.54, 1.807) is 24.3 Å². The molecule has 28 heavy (non-hydrogen) atoms. The Kier molecular flexibility index (Phi) is 5.21. The van der Waals surface area contributed by atoms with Gasteiger partial charge in [0.1, 0.15) is 11.0 Å². The van der Waals surface area contributed by atoms with Crippen molar-refractivity contribution in [1.29, 1.82) is 0 Å². The second-order valence-electron chi connectivity index (χ2n) is 7.22. The highest BCUT2D eigenvalue weighted by atomic mass is 32.1. The molecule has 1 fully saturated rings. The van der Waals surface area contributed by atoms with Gasteiger partial charge in [-0.25, -0.2) is 0 Å². The minimum Gasteiger partial charge on any atom is -0.299 e. The third kappa shape index (κ3) is 3.32. The van der Waals surface area contributed by atoms with Gasteiger partial charge in [-0.05, 0) is 31.4 Å². The average molecular weight is 398 g/mol. The average Bonchev–Trinajstić information content (AvgIpc) is 3.28. The maximum atomic E-state index is 12.9. The molecule has 7 nitrogen and oxygen atoms in total. The standard InChI is InChI=1S/C20H22N4O3S/c1-2-14(24-15-11-7-6-10-13(15)16(25)19(24)27)17(26)21-20-23-22-18(28-20)12-8-4-3-5-9-12/h6-7,10-12,14H,2-5,8-9H2,1H3,(H,21,23,26). The van der Waals surface area contributed by atoms with Crippen LogP contribution in [-0.4, -0.2) is 33.8 Å². The summed E-state index contributed by atoms with van der Waals surface area (Å²) in [6.45, 7) is 1.82. The quantitative estimate of drug-likeness (QED) is 0.778. The molecular formula is C20H22N4O3S. The van der Waals surface area contributed by atoms with Crippen molar-refractivity contribution in [2.24, 2.45) is 0 Å². The molecule has 1 N–H and O–H groups in total. The molecule has 0 radical (unpaired) electrons. The summed E-state index contributed by atoms with van der Waals surface area (Å²) < 4.78 is 0. The number of nitrogens with one attached hydrogen (secondary N) is 1. The van der Waals surface area contributed by atoms with Crippen LogP contribution < -0.4 is 10.2 Å². The predicted molar refractivity (Wildman–Crippen MR) is 107 cm³/mol. The molecule has 1 unspecified atom stereocenters. The van der Waals surface area contributed by atoms with Crippen molar-refractivity contribution < 1.29 is 14.4 Å². The molecule has 8 heteroatoms. The summed E-state index contributed by atoms with van der Waals surface area (Å²) in [5.41, 5.74) is 0.828. The van der Waals surface area contributed by atoms with E-state index in [1.807, 2.05) is 6.92 Å². The number of nitrogens with zero attached hydrogens (tertiary/aromatic N) is 3. The first-order valence-corrected chi connectivity index (χ1v) is 10.5. The molecular weight excluding hydrogens is 376 g/mol. The van der Waals surface area contributed by atoms with E-state index in [-0.39, 0.29) is 5.91 Å². The number of rotatable bonds is 5. The molecule has 1 atom stereocenters. The Bertz CT molecular complexity index is 920. The molecule has 0 saturated heterocycles. The number of amides is 2. The van der Waals surface area contributed by atoms with Crippen LogP contribution >= 0.6 is 11.3 Å². The van der Waals surface area contributed by atoms with Crippen molar-refractivity contribution in [1.82, 2.24) is 10.2 Å². The van der Waals surface area contributed by atoms with E-state index in [9.17, 15) is 14.4 Å². The molecule has 1 aliphatic carbocycles. The number of fused-ring (bicyclic) bond motifs is 1. The highest BCUT2D eigenvalue weighted by molar-refractivity contribution is 7.15. The summed E-state index contributed by atoms with van der Waals surface area (Å²) in [4.78, 5) is 38.9. The number of hydrogen-bond donors (Lipinski definition) is 1. The largest absolute Gasteiger partial charge is 0.300 e. The Labute approximate surface area is 167 Å². The molecule has 2 heterocycles. The number of benzene rings is 1. The minimum atomic E-state index is -0.776. The van der Waals surface area contributed by atoms with Crippen molar-refractivity contribution in [2.75, 3.05) is 10.2 Å². The Morgan fingerprint density at radius 3 is 2.71 bits per heavy atom. The fourth-order valence-electron chi connectivity index (χ4n) is 3.99. The zero-order chi connectivity index (χ0) is 19.7. The third-order valence-electron chi connectivity index (χ3n) is 5.45.